The Morgan fingerprint density at radius 2 is 1.11 bits per heavy atom. The van der Waals surface area contributed by atoms with Gasteiger partial charge in [0, 0.05) is 55.9 Å². The number of nitrogens with zero attached hydrogens (tertiary/aromatic N) is 3. The van der Waals surface area contributed by atoms with E-state index < -0.39 is 0 Å². The van der Waals surface area contributed by atoms with Crippen molar-refractivity contribution in [3.05, 3.63) is 193 Å². The molecule has 14 rings (SSSR count). The second-order valence-electron chi connectivity index (χ2n) is 23.4. The molecule has 0 aliphatic carbocycles. The Morgan fingerprint density at radius 3 is 1.88 bits per heavy atom. The van der Waals surface area contributed by atoms with Crippen LogP contribution in [0.15, 0.2) is 180 Å². The monoisotopic (exact) mass is 933 g/mol. The Hall–Kier alpha value is -7.96. The van der Waals surface area contributed by atoms with E-state index in [1.807, 2.05) is 6.07 Å². The number of fused-ring (bicyclic) bond motifs is 12. The lowest BCUT2D eigenvalue weighted by atomic mass is 9.43. The molecule has 350 valence electrons. The number of para-hydroxylation sites is 3. The van der Waals surface area contributed by atoms with Crippen LogP contribution in [-0.4, -0.2) is 11.4 Å². The van der Waals surface area contributed by atoms with Crippen LogP contribution in [-0.2, 0) is 16.2 Å². The Kier molecular flexibility index (Phi) is 8.82. The highest BCUT2D eigenvalue weighted by atomic mass is 16.5. The van der Waals surface area contributed by atoms with Crippen LogP contribution in [0.25, 0.3) is 71.7 Å². The summed E-state index contributed by atoms with van der Waals surface area (Å²) < 4.78 is 16.2. The second-order valence-corrected chi connectivity index (χ2v) is 23.4. The quantitative estimate of drug-likeness (QED) is 0.165. The van der Waals surface area contributed by atoms with Gasteiger partial charge in [0.1, 0.15) is 11.2 Å². The average molecular weight is 934 g/mol. The van der Waals surface area contributed by atoms with Gasteiger partial charge in [0.05, 0.1) is 22.4 Å². The van der Waals surface area contributed by atoms with Gasteiger partial charge in [-0.1, -0.05) is 153 Å². The Balaban J connectivity index is 1.11. The summed E-state index contributed by atoms with van der Waals surface area (Å²) in [5.74, 6) is 1.66. The molecule has 9 aromatic carbocycles. The first-order valence-corrected chi connectivity index (χ1v) is 25.5. The molecule has 0 radical (unpaired) electrons. The summed E-state index contributed by atoms with van der Waals surface area (Å²) in [7, 11) is 0. The Bertz CT molecular complexity index is 4080. The molecular weight excluding hydrogens is 878 g/mol. The number of ether oxygens (including phenoxy) is 1. The minimum absolute atomic E-state index is 0.00438. The number of hydrogen-bond donors (Lipinski definition) is 0. The molecule has 0 saturated heterocycles. The van der Waals surface area contributed by atoms with Crippen molar-refractivity contribution >= 4 is 90.0 Å². The van der Waals surface area contributed by atoms with Crippen LogP contribution in [0, 0.1) is 0 Å². The average Bonchev–Trinajstić information content (AvgIpc) is 3.90. The highest BCUT2D eigenvalue weighted by Gasteiger charge is 2.49. The number of furan rings is 1. The molecule has 0 unspecified atom stereocenters. The van der Waals surface area contributed by atoms with E-state index in [0.717, 1.165) is 67.3 Å². The van der Waals surface area contributed by atoms with E-state index in [1.165, 1.54) is 71.9 Å². The van der Waals surface area contributed by atoms with Crippen LogP contribution in [0.2, 0.25) is 0 Å². The number of anilines is 5. The molecule has 0 bridgehead atoms. The van der Waals surface area contributed by atoms with Crippen LogP contribution in [0.5, 0.6) is 11.5 Å². The smallest absolute Gasteiger partial charge is 0.333 e. The first kappa shape index (κ1) is 42.9. The van der Waals surface area contributed by atoms with Crippen molar-refractivity contribution in [3.8, 4) is 39.4 Å². The maximum absolute atomic E-state index is 7.23. The predicted octanol–water partition coefficient (Wildman–Crippen LogP) is 17.1. The Labute approximate surface area is 422 Å². The number of benzene rings is 9. The summed E-state index contributed by atoms with van der Waals surface area (Å²) in [4.78, 5) is 5.19. The van der Waals surface area contributed by atoms with E-state index in [-0.39, 0.29) is 23.1 Å². The molecule has 0 fully saturated rings. The van der Waals surface area contributed by atoms with Gasteiger partial charge in [0.15, 0.2) is 11.5 Å². The summed E-state index contributed by atoms with van der Waals surface area (Å²) in [6.45, 7) is 20.6. The lowest BCUT2D eigenvalue weighted by molar-refractivity contribution is 0.474. The van der Waals surface area contributed by atoms with E-state index >= 15 is 0 Å². The van der Waals surface area contributed by atoms with Gasteiger partial charge in [-0.05, 0) is 139 Å². The molecular formula is C66H56BN3O2. The van der Waals surface area contributed by atoms with Crippen molar-refractivity contribution < 1.29 is 9.15 Å². The zero-order valence-electron chi connectivity index (χ0n) is 42.5. The van der Waals surface area contributed by atoms with Crippen molar-refractivity contribution in [2.24, 2.45) is 0 Å². The third kappa shape index (κ3) is 6.27. The lowest BCUT2D eigenvalue weighted by Gasteiger charge is -2.48. The largest absolute Gasteiger partial charge is 0.456 e. The molecule has 0 spiro atoms. The molecule has 72 heavy (non-hydrogen) atoms. The van der Waals surface area contributed by atoms with Crippen LogP contribution in [0.4, 0.5) is 28.4 Å². The third-order valence-electron chi connectivity index (χ3n) is 15.8. The zero-order valence-corrected chi connectivity index (χ0v) is 42.5. The van der Waals surface area contributed by atoms with Crippen LogP contribution >= 0.6 is 0 Å². The Morgan fingerprint density at radius 1 is 0.417 bits per heavy atom. The van der Waals surface area contributed by atoms with Gasteiger partial charge in [-0.2, -0.15) is 0 Å². The van der Waals surface area contributed by atoms with Gasteiger partial charge >= 0.3 is 6.85 Å². The summed E-state index contributed by atoms with van der Waals surface area (Å²) >= 11 is 0. The van der Waals surface area contributed by atoms with E-state index in [4.69, 9.17) is 9.15 Å². The number of rotatable bonds is 3. The van der Waals surface area contributed by atoms with Crippen LogP contribution in [0.1, 0.15) is 79.0 Å². The van der Waals surface area contributed by atoms with Crippen LogP contribution in [0.3, 0.4) is 0 Å². The lowest BCUT2D eigenvalue weighted by Crippen LogP contribution is -2.62. The molecule has 11 aromatic rings. The number of aromatic nitrogens is 1. The van der Waals surface area contributed by atoms with Crippen molar-refractivity contribution in [1.29, 1.82) is 0 Å². The molecule has 3 aliphatic rings. The van der Waals surface area contributed by atoms with E-state index in [2.05, 4.69) is 246 Å². The summed E-state index contributed by atoms with van der Waals surface area (Å²) in [5, 5.41) is 4.65. The molecule has 0 atom stereocenters. The minimum Gasteiger partial charge on any atom is -0.456 e. The SMILES string of the molecule is CC(C)(C)c1ccc(N2c3cc(C(C)(C)C)ccc3B3c4c(cc(-c5ccc6c7ccccc7n(-c7ccccc7)c6c5)cc42)-c2cc(C(C)(C)C)cc4c2N3c2cc3c(cc2O4)oc2ccccc23)cc1. The maximum atomic E-state index is 7.23. The minimum atomic E-state index is -0.189. The molecule has 5 heterocycles. The van der Waals surface area contributed by atoms with Gasteiger partial charge in [-0.15, -0.1) is 0 Å². The fourth-order valence-corrected chi connectivity index (χ4v) is 12.0. The van der Waals surface area contributed by atoms with Gasteiger partial charge < -0.3 is 23.4 Å². The molecule has 2 aromatic heterocycles. The van der Waals surface area contributed by atoms with Crippen molar-refractivity contribution in [2.75, 3.05) is 9.71 Å². The normalized spacial score (nSPS) is 13.9. The van der Waals surface area contributed by atoms with Crippen molar-refractivity contribution in [3.63, 3.8) is 0 Å². The van der Waals surface area contributed by atoms with Gasteiger partial charge in [-0.25, -0.2) is 0 Å². The van der Waals surface area contributed by atoms with Crippen molar-refractivity contribution in [2.45, 2.75) is 78.6 Å². The topological polar surface area (TPSA) is 33.8 Å². The van der Waals surface area contributed by atoms with E-state index in [0.29, 0.717) is 0 Å². The molecule has 3 aliphatic heterocycles. The van der Waals surface area contributed by atoms with Gasteiger partial charge in [0.25, 0.3) is 0 Å². The standard InChI is InChI=1S/C66H56BN3O2/c1-64(2,3)41-24-27-45(28-25-41)69-55-35-42(65(4,5)6)26-30-52(55)67-62-50(31-40(33-57(62)69)39-23-29-47-46-19-13-15-21-53(46)68(54(47)32-39)44-17-11-10-12-18-44)51-34-43(66(7,8)9)36-61-63(51)70(67)56-37-49-48-20-14-16-22-58(48)71-59(49)38-60(56)72-61/h10-38H,1-9H3. The predicted molar refractivity (Wildman–Crippen MR) is 303 cm³/mol. The third-order valence-corrected chi connectivity index (χ3v) is 15.8. The van der Waals surface area contributed by atoms with Crippen LogP contribution < -0.4 is 25.4 Å². The first-order chi connectivity index (χ1) is 34.6. The first-order valence-electron chi connectivity index (χ1n) is 25.5. The molecule has 6 heteroatoms. The zero-order chi connectivity index (χ0) is 49.2. The fraction of sp³-hybridized carbons (Fsp3) is 0.182. The highest BCUT2D eigenvalue weighted by Crippen LogP contribution is 2.58. The highest BCUT2D eigenvalue weighted by molar-refractivity contribution is 6.93. The van der Waals surface area contributed by atoms with E-state index in [1.54, 1.807) is 0 Å². The molecule has 0 amide bonds. The molecule has 0 saturated carbocycles. The maximum Gasteiger partial charge on any atom is 0.333 e. The van der Waals surface area contributed by atoms with Crippen molar-refractivity contribution in [1.82, 2.24) is 4.57 Å². The van der Waals surface area contributed by atoms with Gasteiger partial charge in [0.2, 0.25) is 0 Å². The molecule has 0 N–H and O–H groups in total. The second kappa shape index (κ2) is 14.8. The molecule has 5 nitrogen and oxygen atoms in total. The summed E-state index contributed by atoms with van der Waals surface area (Å²) in [6, 6.07) is 65.8. The fourth-order valence-electron chi connectivity index (χ4n) is 12.0. The number of hydrogen-bond acceptors (Lipinski definition) is 4. The summed E-state index contributed by atoms with van der Waals surface area (Å²) in [5.41, 5.74) is 21.6. The summed E-state index contributed by atoms with van der Waals surface area (Å²) in [6.07, 6.45) is 0. The van der Waals surface area contributed by atoms with Gasteiger partial charge in [-0.3, -0.25) is 0 Å². The van der Waals surface area contributed by atoms with E-state index in [9.17, 15) is 0 Å².